The van der Waals surface area contributed by atoms with Crippen molar-refractivity contribution in [3.05, 3.63) is 66.0 Å². The molecule has 2 bridgehead atoms. The van der Waals surface area contributed by atoms with E-state index in [9.17, 15) is 4.79 Å². The van der Waals surface area contributed by atoms with Crippen molar-refractivity contribution in [2.24, 2.45) is 17.8 Å². The van der Waals surface area contributed by atoms with Gasteiger partial charge in [0.15, 0.2) is 0 Å². The third-order valence-electron chi connectivity index (χ3n) is 5.75. The molecule has 0 spiro atoms. The second-order valence-electron chi connectivity index (χ2n) is 7.30. The summed E-state index contributed by atoms with van der Waals surface area (Å²) in [6, 6.07) is 15.8. The maximum atomic E-state index is 12.7. The van der Waals surface area contributed by atoms with E-state index in [2.05, 4.69) is 22.4 Å². The molecule has 124 valence electrons. The number of amides is 1. The summed E-state index contributed by atoms with van der Waals surface area (Å²) >= 11 is 0. The Morgan fingerprint density at radius 2 is 1.92 bits per heavy atom. The molecule has 4 atom stereocenters. The van der Waals surface area contributed by atoms with Crippen LogP contribution in [0.1, 0.15) is 49.4 Å². The highest BCUT2D eigenvalue weighted by Gasteiger charge is 2.40. The van der Waals surface area contributed by atoms with E-state index in [4.69, 9.17) is 0 Å². The number of rotatable bonds is 5. The summed E-state index contributed by atoms with van der Waals surface area (Å²) in [6.07, 6.45) is 7.75. The lowest BCUT2D eigenvalue weighted by atomic mass is 9.86. The van der Waals surface area contributed by atoms with Gasteiger partial charge in [-0.25, -0.2) is 0 Å². The molecule has 2 aromatic rings. The molecule has 0 aliphatic heterocycles. The minimum absolute atomic E-state index is 0.159. The van der Waals surface area contributed by atoms with Gasteiger partial charge in [0.2, 0.25) is 5.91 Å². The fourth-order valence-electron chi connectivity index (χ4n) is 4.60. The van der Waals surface area contributed by atoms with Crippen LogP contribution in [0.4, 0.5) is 0 Å². The van der Waals surface area contributed by atoms with Gasteiger partial charge in [0.1, 0.15) is 0 Å². The number of fused-ring (bicyclic) bond motifs is 2. The summed E-state index contributed by atoms with van der Waals surface area (Å²) in [5, 5.41) is 3.23. The molecule has 2 aliphatic carbocycles. The van der Waals surface area contributed by atoms with E-state index in [1.54, 1.807) is 6.20 Å². The summed E-state index contributed by atoms with van der Waals surface area (Å²) in [6.45, 7) is 0. The van der Waals surface area contributed by atoms with Crippen LogP contribution in [0.3, 0.4) is 0 Å². The van der Waals surface area contributed by atoms with E-state index < -0.39 is 0 Å². The molecule has 1 N–H and O–H groups in total. The first-order chi connectivity index (χ1) is 11.8. The van der Waals surface area contributed by atoms with Gasteiger partial charge in [0, 0.05) is 12.6 Å². The third kappa shape index (κ3) is 3.21. The largest absolute Gasteiger partial charge is 0.344 e. The number of aromatic nitrogens is 1. The Morgan fingerprint density at radius 1 is 1.08 bits per heavy atom. The van der Waals surface area contributed by atoms with E-state index in [1.165, 1.54) is 25.7 Å². The van der Waals surface area contributed by atoms with E-state index in [0.717, 1.165) is 23.1 Å². The first kappa shape index (κ1) is 15.4. The predicted octanol–water partition coefficient (Wildman–Crippen LogP) is 4.11. The predicted molar refractivity (Wildman–Crippen MR) is 94.2 cm³/mol. The Balaban J connectivity index is 1.48. The van der Waals surface area contributed by atoms with Gasteiger partial charge in [-0.05, 0) is 54.7 Å². The minimum Gasteiger partial charge on any atom is -0.344 e. The van der Waals surface area contributed by atoms with Crippen LogP contribution in [0.2, 0.25) is 0 Å². The number of carbonyl (C=O) groups is 1. The fraction of sp³-hybridized carbons (Fsp3) is 0.429. The third-order valence-corrected chi connectivity index (χ3v) is 5.75. The SMILES string of the molecule is O=C(CC1CC2CCC1C2)NC(c1ccccc1)c1ccccn1. The zero-order chi connectivity index (χ0) is 16.4. The molecule has 3 heteroatoms. The number of benzene rings is 1. The molecule has 1 aromatic carbocycles. The van der Waals surface area contributed by atoms with Gasteiger partial charge in [0.05, 0.1) is 11.7 Å². The van der Waals surface area contributed by atoms with Gasteiger partial charge in [-0.15, -0.1) is 0 Å². The molecule has 4 rings (SSSR count). The van der Waals surface area contributed by atoms with Crippen LogP contribution >= 0.6 is 0 Å². The Hall–Kier alpha value is -2.16. The lowest BCUT2D eigenvalue weighted by Gasteiger charge is -2.23. The van der Waals surface area contributed by atoms with E-state index in [0.29, 0.717) is 12.3 Å². The topological polar surface area (TPSA) is 42.0 Å². The molecule has 2 fully saturated rings. The van der Waals surface area contributed by atoms with Crippen molar-refractivity contribution < 1.29 is 4.79 Å². The molecule has 1 aromatic heterocycles. The van der Waals surface area contributed by atoms with Crippen molar-refractivity contribution >= 4 is 5.91 Å². The standard InChI is InChI=1S/C21H24N2O/c24-20(14-18-13-15-9-10-17(18)12-15)23-21(16-6-2-1-3-7-16)19-8-4-5-11-22-19/h1-8,11,15,17-18,21H,9-10,12-14H2,(H,23,24). The van der Waals surface area contributed by atoms with Crippen LogP contribution in [0.5, 0.6) is 0 Å². The number of carbonyl (C=O) groups excluding carboxylic acids is 1. The quantitative estimate of drug-likeness (QED) is 0.900. The van der Waals surface area contributed by atoms with Crippen LogP contribution in [-0.2, 0) is 4.79 Å². The molecule has 2 saturated carbocycles. The molecule has 0 radical (unpaired) electrons. The van der Waals surface area contributed by atoms with Gasteiger partial charge in [-0.2, -0.15) is 0 Å². The maximum Gasteiger partial charge on any atom is 0.221 e. The number of hydrogen-bond acceptors (Lipinski definition) is 2. The first-order valence-electron chi connectivity index (χ1n) is 9.05. The number of nitrogens with zero attached hydrogens (tertiary/aromatic N) is 1. The summed E-state index contributed by atoms with van der Waals surface area (Å²) in [7, 11) is 0. The van der Waals surface area contributed by atoms with Crippen molar-refractivity contribution in [3.63, 3.8) is 0 Å². The Bertz CT molecular complexity index is 646. The molecule has 3 nitrogen and oxygen atoms in total. The average molecular weight is 320 g/mol. The second kappa shape index (κ2) is 6.76. The van der Waals surface area contributed by atoms with Gasteiger partial charge in [-0.1, -0.05) is 42.8 Å². The van der Waals surface area contributed by atoms with Crippen LogP contribution < -0.4 is 5.32 Å². The van der Waals surface area contributed by atoms with Crippen LogP contribution in [0.15, 0.2) is 54.7 Å². The number of nitrogens with one attached hydrogen (secondary N) is 1. The van der Waals surface area contributed by atoms with Crippen LogP contribution in [0, 0.1) is 17.8 Å². The molecule has 4 unspecified atom stereocenters. The van der Waals surface area contributed by atoms with E-state index >= 15 is 0 Å². The van der Waals surface area contributed by atoms with Gasteiger partial charge >= 0.3 is 0 Å². The minimum atomic E-state index is -0.168. The second-order valence-corrected chi connectivity index (χ2v) is 7.30. The molecular formula is C21H24N2O. The molecule has 1 amide bonds. The lowest BCUT2D eigenvalue weighted by molar-refractivity contribution is -0.122. The number of hydrogen-bond donors (Lipinski definition) is 1. The van der Waals surface area contributed by atoms with Crippen molar-refractivity contribution in [2.75, 3.05) is 0 Å². The number of pyridine rings is 1. The van der Waals surface area contributed by atoms with Crippen molar-refractivity contribution in [1.82, 2.24) is 10.3 Å². The van der Waals surface area contributed by atoms with Crippen LogP contribution in [-0.4, -0.2) is 10.9 Å². The van der Waals surface area contributed by atoms with Crippen LogP contribution in [0.25, 0.3) is 0 Å². The van der Waals surface area contributed by atoms with Gasteiger partial charge in [-0.3, -0.25) is 9.78 Å². The average Bonchev–Trinajstić information content (AvgIpc) is 3.24. The molecule has 24 heavy (non-hydrogen) atoms. The summed E-state index contributed by atoms with van der Waals surface area (Å²) < 4.78 is 0. The first-order valence-corrected chi connectivity index (χ1v) is 9.05. The highest BCUT2D eigenvalue weighted by molar-refractivity contribution is 5.77. The lowest BCUT2D eigenvalue weighted by Crippen LogP contribution is -2.32. The Morgan fingerprint density at radius 3 is 2.58 bits per heavy atom. The van der Waals surface area contributed by atoms with Crippen molar-refractivity contribution in [2.45, 2.75) is 38.1 Å². The van der Waals surface area contributed by atoms with E-state index in [-0.39, 0.29) is 11.9 Å². The summed E-state index contributed by atoms with van der Waals surface area (Å²) in [5.74, 6) is 2.41. The zero-order valence-corrected chi connectivity index (χ0v) is 13.9. The van der Waals surface area contributed by atoms with Gasteiger partial charge < -0.3 is 5.32 Å². The molecule has 2 aliphatic rings. The Kier molecular flexibility index (Phi) is 4.33. The maximum absolute atomic E-state index is 12.7. The monoisotopic (exact) mass is 320 g/mol. The van der Waals surface area contributed by atoms with Crippen molar-refractivity contribution in [3.8, 4) is 0 Å². The summed E-state index contributed by atoms with van der Waals surface area (Å²) in [4.78, 5) is 17.2. The highest BCUT2D eigenvalue weighted by atomic mass is 16.1. The molecule has 0 saturated heterocycles. The highest BCUT2D eigenvalue weighted by Crippen LogP contribution is 2.49. The van der Waals surface area contributed by atoms with E-state index in [1.807, 2.05) is 36.4 Å². The smallest absolute Gasteiger partial charge is 0.221 e. The normalized spacial score (nSPS) is 26.2. The zero-order valence-electron chi connectivity index (χ0n) is 13.9. The molecule has 1 heterocycles. The summed E-state index contributed by atoms with van der Waals surface area (Å²) in [5.41, 5.74) is 1.97. The fourth-order valence-corrected chi connectivity index (χ4v) is 4.60. The van der Waals surface area contributed by atoms with Crippen molar-refractivity contribution in [1.29, 1.82) is 0 Å². The van der Waals surface area contributed by atoms with Gasteiger partial charge in [0.25, 0.3) is 0 Å². The molecular weight excluding hydrogens is 296 g/mol. The Labute approximate surface area is 143 Å².